The summed E-state index contributed by atoms with van der Waals surface area (Å²) < 4.78 is 34.4. The van der Waals surface area contributed by atoms with Crippen molar-refractivity contribution in [1.82, 2.24) is 4.31 Å². The molecule has 1 amide bonds. The molecule has 204 valence electrons. The van der Waals surface area contributed by atoms with Crippen molar-refractivity contribution in [3.63, 3.8) is 0 Å². The molecule has 0 saturated heterocycles. The molecule has 0 atom stereocenters. The maximum Gasteiger partial charge on any atom is 0.266 e. The van der Waals surface area contributed by atoms with E-state index < -0.39 is 15.9 Å². The van der Waals surface area contributed by atoms with E-state index in [1.54, 1.807) is 42.5 Å². The number of sulfonamides is 1. The second kappa shape index (κ2) is 12.5. The van der Waals surface area contributed by atoms with E-state index in [2.05, 4.69) is 5.32 Å². The van der Waals surface area contributed by atoms with Gasteiger partial charge in [-0.25, -0.2) is 8.42 Å². The fourth-order valence-electron chi connectivity index (χ4n) is 3.78. The second-order valence-electron chi connectivity index (χ2n) is 9.13. The summed E-state index contributed by atoms with van der Waals surface area (Å²) in [5.74, 6) is -0.100. The third-order valence-electron chi connectivity index (χ3n) is 5.98. The highest BCUT2D eigenvalue weighted by molar-refractivity contribution is 7.89. The molecular weight excluding hydrogens is 569 g/mol. The maximum atomic E-state index is 13.6. The number of amides is 1. The lowest BCUT2D eigenvalue weighted by Crippen LogP contribution is -2.30. The third-order valence-corrected chi connectivity index (χ3v) is 8.53. The van der Waals surface area contributed by atoms with Gasteiger partial charge in [-0.2, -0.15) is 9.57 Å². The zero-order valence-electron chi connectivity index (χ0n) is 21.7. The van der Waals surface area contributed by atoms with Crippen molar-refractivity contribution >= 4 is 50.9 Å². The van der Waals surface area contributed by atoms with Gasteiger partial charge < -0.3 is 9.73 Å². The van der Waals surface area contributed by atoms with Crippen LogP contribution in [0.4, 0.5) is 5.69 Å². The van der Waals surface area contributed by atoms with Crippen LogP contribution >= 0.6 is 23.2 Å². The highest BCUT2D eigenvalue weighted by atomic mass is 35.5. The van der Waals surface area contributed by atoms with Crippen molar-refractivity contribution in [2.75, 3.05) is 5.32 Å². The molecule has 4 aromatic rings. The number of carbonyl (C=O) groups is 1. The predicted octanol–water partition coefficient (Wildman–Crippen LogP) is 7.14. The van der Waals surface area contributed by atoms with E-state index in [9.17, 15) is 18.5 Å². The molecule has 0 aliphatic rings. The molecule has 0 aliphatic carbocycles. The molecule has 0 unspecified atom stereocenters. The lowest BCUT2D eigenvalue weighted by molar-refractivity contribution is -0.112. The summed E-state index contributed by atoms with van der Waals surface area (Å²) in [5.41, 5.74) is 2.99. The van der Waals surface area contributed by atoms with Crippen molar-refractivity contribution in [2.24, 2.45) is 0 Å². The smallest absolute Gasteiger partial charge is 0.266 e. The Labute approximate surface area is 243 Å². The average Bonchev–Trinajstić information content (AvgIpc) is 3.37. The first kappa shape index (κ1) is 29.1. The number of hydrogen-bond acceptors (Lipinski definition) is 5. The predicted molar refractivity (Wildman–Crippen MR) is 156 cm³/mol. The lowest BCUT2D eigenvalue weighted by Gasteiger charge is -2.21. The Balaban J connectivity index is 1.57. The van der Waals surface area contributed by atoms with Crippen LogP contribution in [0.3, 0.4) is 0 Å². The van der Waals surface area contributed by atoms with Crippen LogP contribution in [0.15, 0.2) is 93.7 Å². The van der Waals surface area contributed by atoms with Gasteiger partial charge in [0.25, 0.3) is 5.91 Å². The summed E-state index contributed by atoms with van der Waals surface area (Å²) in [6.07, 6.45) is 1.29. The summed E-state index contributed by atoms with van der Waals surface area (Å²) in [4.78, 5) is 12.8. The van der Waals surface area contributed by atoms with E-state index in [4.69, 9.17) is 27.6 Å². The van der Waals surface area contributed by atoms with Crippen molar-refractivity contribution in [2.45, 2.75) is 31.8 Å². The summed E-state index contributed by atoms with van der Waals surface area (Å²) in [6, 6.07) is 23.9. The van der Waals surface area contributed by atoms with Gasteiger partial charge in [0.05, 0.1) is 21.5 Å². The van der Waals surface area contributed by atoms with Crippen LogP contribution in [0, 0.1) is 25.2 Å². The quantitative estimate of drug-likeness (QED) is 0.164. The van der Waals surface area contributed by atoms with Crippen LogP contribution in [0.5, 0.6) is 0 Å². The molecule has 40 heavy (non-hydrogen) atoms. The molecule has 0 radical (unpaired) electrons. The van der Waals surface area contributed by atoms with Gasteiger partial charge in [0.15, 0.2) is 0 Å². The highest BCUT2D eigenvalue weighted by Gasteiger charge is 2.26. The topological polar surface area (TPSA) is 103 Å². The minimum Gasteiger partial charge on any atom is -0.460 e. The Bertz CT molecular complexity index is 1710. The van der Waals surface area contributed by atoms with Gasteiger partial charge in [-0.05, 0) is 61.9 Å². The van der Waals surface area contributed by atoms with Crippen molar-refractivity contribution in [1.29, 1.82) is 5.26 Å². The van der Waals surface area contributed by atoms with E-state index in [0.717, 1.165) is 16.7 Å². The van der Waals surface area contributed by atoms with Gasteiger partial charge in [0, 0.05) is 18.3 Å². The minimum absolute atomic E-state index is 0.0602. The molecule has 1 aromatic heterocycles. The SMILES string of the molecule is Cc1ccc(CN(Cc2ccc(/C=C(/C#N)C(=O)Nc3ccc(Cl)c(Cl)c3)o2)S(=O)(=O)c2ccc(C)cc2)cc1. The Morgan fingerprint density at radius 3 is 2.20 bits per heavy atom. The van der Waals surface area contributed by atoms with Gasteiger partial charge in [-0.15, -0.1) is 0 Å². The first-order chi connectivity index (χ1) is 19.0. The van der Waals surface area contributed by atoms with Gasteiger partial charge in [0.1, 0.15) is 23.2 Å². The average molecular weight is 595 g/mol. The summed E-state index contributed by atoms with van der Waals surface area (Å²) in [6.45, 7) is 3.91. The molecule has 1 heterocycles. The Morgan fingerprint density at radius 2 is 1.57 bits per heavy atom. The molecule has 0 aliphatic heterocycles. The van der Waals surface area contributed by atoms with Crippen LogP contribution in [0.25, 0.3) is 6.08 Å². The van der Waals surface area contributed by atoms with Crippen LogP contribution in [-0.4, -0.2) is 18.6 Å². The van der Waals surface area contributed by atoms with E-state index in [1.807, 2.05) is 44.2 Å². The molecule has 10 heteroatoms. The molecule has 0 fully saturated rings. The molecule has 1 N–H and O–H groups in total. The summed E-state index contributed by atoms with van der Waals surface area (Å²) >= 11 is 11.9. The zero-order valence-corrected chi connectivity index (χ0v) is 24.0. The number of nitriles is 1. The van der Waals surface area contributed by atoms with Crippen molar-refractivity contribution in [3.8, 4) is 6.07 Å². The number of hydrogen-bond donors (Lipinski definition) is 1. The number of anilines is 1. The van der Waals surface area contributed by atoms with E-state index in [0.29, 0.717) is 16.5 Å². The van der Waals surface area contributed by atoms with Crippen LogP contribution < -0.4 is 5.32 Å². The van der Waals surface area contributed by atoms with Crippen molar-refractivity contribution in [3.05, 3.63) is 123 Å². The zero-order chi connectivity index (χ0) is 28.9. The van der Waals surface area contributed by atoms with Gasteiger partial charge >= 0.3 is 0 Å². The van der Waals surface area contributed by atoms with Crippen LogP contribution in [0.2, 0.25) is 10.0 Å². The lowest BCUT2D eigenvalue weighted by atomic mass is 10.1. The Kier molecular flexibility index (Phi) is 9.13. The minimum atomic E-state index is -3.88. The number of benzene rings is 3. The number of furan rings is 1. The third kappa shape index (κ3) is 7.20. The largest absolute Gasteiger partial charge is 0.460 e. The number of aryl methyl sites for hydroxylation is 2. The Morgan fingerprint density at radius 1 is 0.925 bits per heavy atom. The normalized spacial score (nSPS) is 11.8. The summed E-state index contributed by atoms with van der Waals surface area (Å²) in [5, 5.41) is 12.7. The standard InChI is InChI=1S/C30H25Cl2N3O4S/c1-20-3-7-22(8-4-20)18-35(40(37,38)27-12-5-21(2)6-13-27)19-26-11-10-25(39-26)15-23(17-33)30(36)34-24-9-14-28(31)29(32)16-24/h3-16H,18-19H2,1-2H3,(H,34,36)/b23-15-. The monoisotopic (exact) mass is 593 g/mol. The summed E-state index contributed by atoms with van der Waals surface area (Å²) in [7, 11) is -3.88. The molecule has 0 spiro atoms. The second-order valence-corrected chi connectivity index (χ2v) is 11.9. The number of nitrogens with zero attached hydrogens (tertiary/aromatic N) is 2. The maximum absolute atomic E-state index is 13.6. The van der Waals surface area contributed by atoms with Crippen molar-refractivity contribution < 1.29 is 17.6 Å². The highest BCUT2D eigenvalue weighted by Crippen LogP contribution is 2.26. The number of rotatable bonds is 9. The first-order valence-corrected chi connectivity index (χ1v) is 14.3. The Hall–Kier alpha value is -3.87. The van der Waals surface area contributed by atoms with Crippen LogP contribution in [0.1, 0.15) is 28.2 Å². The van der Waals surface area contributed by atoms with E-state index in [-0.39, 0.29) is 34.3 Å². The fourth-order valence-corrected chi connectivity index (χ4v) is 5.47. The molecule has 0 bridgehead atoms. The molecular formula is C30H25Cl2N3O4S. The number of nitrogens with one attached hydrogen (secondary N) is 1. The first-order valence-electron chi connectivity index (χ1n) is 12.1. The van der Waals surface area contributed by atoms with E-state index in [1.165, 1.54) is 22.5 Å². The molecule has 0 saturated carbocycles. The van der Waals surface area contributed by atoms with Crippen LogP contribution in [-0.2, 0) is 27.9 Å². The van der Waals surface area contributed by atoms with Gasteiger partial charge in [0.2, 0.25) is 10.0 Å². The number of carbonyl (C=O) groups excluding carboxylic acids is 1. The van der Waals surface area contributed by atoms with E-state index >= 15 is 0 Å². The molecule has 3 aromatic carbocycles. The van der Waals surface area contributed by atoms with Gasteiger partial charge in [-0.1, -0.05) is 70.7 Å². The van der Waals surface area contributed by atoms with Gasteiger partial charge in [-0.3, -0.25) is 4.79 Å². The molecule has 7 nitrogen and oxygen atoms in total. The number of halogens is 2. The molecule has 4 rings (SSSR count). The fraction of sp³-hybridized carbons (Fsp3) is 0.133.